The molecule has 3 aromatic rings. The summed E-state index contributed by atoms with van der Waals surface area (Å²) in [5.41, 5.74) is 3.65. The van der Waals surface area contributed by atoms with Crippen molar-refractivity contribution < 1.29 is 4.57 Å². The van der Waals surface area contributed by atoms with Crippen molar-refractivity contribution >= 4 is 13.5 Å². The molecular weight excluding hydrogens is 319 g/mol. The van der Waals surface area contributed by atoms with Crippen LogP contribution in [0.2, 0.25) is 0 Å². The van der Waals surface area contributed by atoms with E-state index in [-0.39, 0.29) is 0 Å². The van der Waals surface area contributed by atoms with Gasteiger partial charge in [0.2, 0.25) is 0 Å². The number of rotatable bonds is 5. The van der Waals surface area contributed by atoms with Crippen LogP contribution in [-0.2, 0) is 4.57 Å². The largest absolute Gasteiger partial charge is 0.300 e. The van der Waals surface area contributed by atoms with E-state index in [2.05, 4.69) is 10.3 Å². The van der Waals surface area contributed by atoms with E-state index in [4.69, 9.17) is 5.10 Å². The second-order valence-corrected chi connectivity index (χ2v) is 8.69. The van der Waals surface area contributed by atoms with Gasteiger partial charge in [0.25, 0.3) is 0 Å². The summed E-state index contributed by atoms with van der Waals surface area (Å²) in [6, 6.07) is 19.8. The Morgan fingerprint density at radius 3 is 2.29 bits per heavy atom. The average molecular weight is 338 g/mol. The number of hydrogen-bond acceptors (Lipinski definition) is 3. The molecule has 0 amide bonds. The first-order chi connectivity index (χ1) is 11.5. The van der Waals surface area contributed by atoms with Crippen molar-refractivity contribution in [1.29, 1.82) is 0 Å². The first kappa shape index (κ1) is 16.2. The minimum Gasteiger partial charge on any atom is -0.300 e. The van der Waals surface area contributed by atoms with Gasteiger partial charge in [-0.05, 0) is 12.1 Å². The van der Waals surface area contributed by atoms with Gasteiger partial charge in [0.15, 0.2) is 7.29 Å². The van der Waals surface area contributed by atoms with E-state index in [9.17, 15) is 4.57 Å². The summed E-state index contributed by atoms with van der Waals surface area (Å²) in [5.74, 6) is 0. The second-order valence-electron chi connectivity index (χ2n) is 5.79. The van der Waals surface area contributed by atoms with Crippen molar-refractivity contribution in [3.8, 4) is 16.9 Å². The lowest BCUT2D eigenvalue weighted by Crippen LogP contribution is -2.00. The summed E-state index contributed by atoms with van der Waals surface area (Å²) < 4.78 is 13.6. The monoisotopic (exact) mass is 338 g/mol. The molecule has 122 valence electrons. The molecule has 0 aliphatic carbocycles. The Balaban J connectivity index is 2.02. The fraction of sp³-hybridized carbons (Fsp3) is 0.111. The van der Waals surface area contributed by atoms with Crippen LogP contribution in [0, 0.1) is 0 Å². The molecule has 0 spiro atoms. The Labute approximate surface area is 141 Å². The van der Waals surface area contributed by atoms with Gasteiger partial charge in [-0.25, -0.2) is 4.68 Å². The van der Waals surface area contributed by atoms with Gasteiger partial charge in [-0.2, -0.15) is 10.2 Å². The van der Waals surface area contributed by atoms with Crippen molar-refractivity contribution in [3.63, 3.8) is 0 Å². The lowest BCUT2D eigenvalue weighted by atomic mass is 10.1. The van der Waals surface area contributed by atoms with Crippen LogP contribution in [0.3, 0.4) is 0 Å². The molecule has 0 bridgehead atoms. The molecule has 1 N–H and O–H groups in total. The average Bonchev–Trinajstić information content (AvgIpc) is 2.99. The fourth-order valence-electron chi connectivity index (χ4n) is 2.25. The van der Waals surface area contributed by atoms with Gasteiger partial charge in [0.05, 0.1) is 11.9 Å². The van der Waals surface area contributed by atoms with E-state index >= 15 is 0 Å². The topological polar surface area (TPSA) is 59.3 Å². The van der Waals surface area contributed by atoms with Crippen LogP contribution in [0.25, 0.3) is 16.9 Å². The van der Waals surface area contributed by atoms with Gasteiger partial charge in [0, 0.05) is 30.7 Å². The first-order valence-electron chi connectivity index (χ1n) is 7.59. The van der Waals surface area contributed by atoms with Crippen molar-refractivity contribution in [2.45, 2.75) is 0 Å². The van der Waals surface area contributed by atoms with Gasteiger partial charge >= 0.3 is 0 Å². The highest BCUT2D eigenvalue weighted by molar-refractivity contribution is 7.60. The Kier molecular flexibility index (Phi) is 4.63. The smallest absolute Gasteiger partial charge is 0.178 e. The van der Waals surface area contributed by atoms with E-state index in [1.165, 1.54) is 0 Å². The second kappa shape index (κ2) is 6.85. The number of hydrazone groups is 1. The summed E-state index contributed by atoms with van der Waals surface area (Å²) >= 11 is 0. The van der Waals surface area contributed by atoms with Gasteiger partial charge in [-0.3, -0.25) is 9.76 Å². The molecule has 0 saturated carbocycles. The van der Waals surface area contributed by atoms with E-state index in [0.717, 1.165) is 22.5 Å². The summed E-state index contributed by atoms with van der Waals surface area (Å²) in [6.45, 7) is 3.27. The number of nitrogens with one attached hydrogen (secondary N) is 1. The molecule has 24 heavy (non-hydrogen) atoms. The molecule has 1 aromatic heterocycles. The number of benzene rings is 2. The maximum atomic E-state index is 11.7. The van der Waals surface area contributed by atoms with Crippen LogP contribution in [0.15, 0.2) is 72.0 Å². The number of nitrogens with zero attached hydrogens (tertiary/aromatic N) is 3. The summed E-state index contributed by atoms with van der Waals surface area (Å²) in [5, 5.41) is 11.5. The van der Waals surface area contributed by atoms with Crippen molar-refractivity contribution in [2.75, 3.05) is 13.3 Å². The van der Waals surface area contributed by atoms with E-state index in [0.29, 0.717) is 0 Å². The van der Waals surface area contributed by atoms with Crippen LogP contribution in [0.1, 0.15) is 5.56 Å². The number of hydrogen-bond donors (Lipinski definition) is 1. The molecule has 0 atom stereocenters. The predicted octanol–water partition coefficient (Wildman–Crippen LogP) is 4.00. The maximum absolute atomic E-state index is 11.7. The molecule has 1 heterocycles. The van der Waals surface area contributed by atoms with E-state index < -0.39 is 7.29 Å². The molecule has 2 aromatic carbocycles. The molecule has 0 aliphatic rings. The molecule has 3 rings (SSSR count). The van der Waals surface area contributed by atoms with E-state index in [1.807, 2.05) is 71.5 Å². The molecular formula is C18H19N4OP. The fourth-order valence-corrected chi connectivity index (χ4v) is 2.59. The molecule has 0 aliphatic heterocycles. The van der Waals surface area contributed by atoms with Crippen LogP contribution in [-0.4, -0.2) is 29.3 Å². The highest BCUT2D eigenvalue weighted by Crippen LogP contribution is 2.29. The Morgan fingerprint density at radius 1 is 1.04 bits per heavy atom. The Hall–Kier alpha value is -2.65. The van der Waals surface area contributed by atoms with Crippen molar-refractivity contribution in [1.82, 2.24) is 15.0 Å². The zero-order chi connectivity index (χ0) is 17.0. The van der Waals surface area contributed by atoms with Crippen molar-refractivity contribution in [3.05, 3.63) is 72.4 Å². The predicted molar refractivity (Wildman–Crippen MR) is 99.2 cm³/mol. The summed E-state index contributed by atoms with van der Waals surface area (Å²) in [4.78, 5) is 0. The van der Waals surface area contributed by atoms with Crippen LogP contribution in [0.4, 0.5) is 0 Å². The van der Waals surface area contributed by atoms with E-state index in [1.54, 1.807) is 19.5 Å². The lowest BCUT2D eigenvalue weighted by Gasteiger charge is -2.03. The van der Waals surface area contributed by atoms with Crippen LogP contribution >= 0.6 is 7.29 Å². The van der Waals surface area contributed by atoms with Gasteiger partial charge in [-0.1, -0.05) is 48.5 Å². The third-order valence-electron chi connectivity index (χ3n) is 3.31. The van der Waals surface area contributed by atoms with Crippen molar-refractivity contribution in [2.24, 2.45) is 5.10 Å². The maximum Gasteiger partial charge on any atom is 0.178 e. The first-order valence-corrected chi connectivity index (χ1v) is 10.2. The molecule has 6 heteroatoms. The molecule has 0 saturated heterocycles. The molecule has 0 unspecified atom stereocenters. The summed E-state index contributed by atoms with van der Waals surface area (Å²) in [6.07, 6.45) is 3.58. The minimum absolute atomic E-state index is 0.826. The van der Waals surface area contributed by atoms with Gasteiger partial charge < -0.3 is 0 Å². The zero-order valence-corrected chi connectivity index (χ0v) is 14.5. The Bertz CT molecular complexity index is 882. The SMILES string of the molecule is CP(C)(=O)N/N=C/c1cn(-c2ccccc2)nc1-c1ccccc1. The van der Waals surface area contributed by atoms with Crippen LogP contribution in [0.5, 0.6) is 0 Å². The number of aromatic nitrogens is 2. The minimum atomic E-state index is -2.42. The third kappa shape index (κ3) is 4.00. The lowest BCUT2D eigenvalue weighted by molar-refractivity contribution is 0.575. The number of para-hydroxylation sites is 1. The Morgan fingerprint density at radius 2 is 1.67 bits per heavy atom. The molecule has 5 nitrogen and oxygen atoms in total. The zero-order valence-electron chi connectivity index (χ0n) is 13.6. The normalized spacial score (nSPS) is 11.8. The van der Waals surface area contributed by atoms with Gasteiger partial charge in [-0.15, -0.1) is 0 Å². The summed E-state index contributed by atoms with van der Waals surface area (Å²) in [7, 11) is -2.42. The van der Waals surface area contributed by atoms with Gasteiger partial charge in [0.1, 0.15) is 5.69 Å². The molecule has 0 radical (unpaired) electrons. The third-order valence-corrected chi connectivity index (χ3v) is 3.91. The quantitative estimate of drug-likeness (QED) is 0.434. The highest BCUT2D eigenvalue weighted by atomic mass is 31.2. The molecule has 0 fully saturated rings. The standard InChI is InChI=1S/C18H19N4OP/c1-24(2,23)21-19-13-16-14-22(17-11-7-4-8-12-17)20-18(16)15-9-5-3-6-10-15/h3-14H,1-2H3,(H,21,23)/b19-13+. The van der Waals surface area contributed by atoms with Crippen LogP contribution < -0.4 is 5.20 Å². The highest BCUT2D eigenvalue weighted by Gasteiger charge is 2.11.